The predicted molar refractivity (Wildman–Crippen MR) is 57.6 cm³/mol. The van der Waals surface area contributed by atoms with Gasteiger partial charge in [-0.05, 0) is 5.54 Å². The lowest BCUT2D eigenvalue weighted by atomic mass is 10.5. The molecule has 0 spiro atoms. The van der Waals surface area contributed by atoms with Crippen LogP contribution in [0.2, 0.25) is 5.54 Å². The number of rotatable bonds is 4. The number of carbonyl (C=O) groups is 3. The Balaban J connectivity index is 2.38. The van der Waals surface area contributed by atoms with Gasteiger partial charge in [-0.25, -0.2) is 0 Å². The van der Waals surface area contributed by atoms with Gasteiger partial charge in [-0.1, -0.05) is 13.8 Å². The van der Waals surface area contributed by atoms with Crippen LogP contribution in [-0.4, -0.2) is 38.8 Å². The molecule has 15 heavy (non-hydrogen) atoms. The first-order valence-corrected chi connectivity index (χ1v) is 6.33. The maximum absolute atomic E-state index is 11.3. The number of hydrogen-bond acceptors (Lipinski definition) is 3. The quantitative estimate of drug-likeness (QED) is 0.491. The maximum Gasteiger partial charge on any atom is 0.254 e. The second-order valence-electron chi connectivity index (χ2n) is 3.79. The van der Waals surface area contributed by atoms with Crippen molar-refractivity contribution < 1.29 is 14.4 Å². The smallest absolute Gasteiger partial charge is 0.254 e. The molecular weight excluding hydrogens is 212 g/mol. The van der Waals surface area contributed by atoms with Crippen molar-refractivity contribution in [2.24, 2.45) is 0 Å². The lowest BCUT2D eigenvalue weighted by Crippen LogP contribution is -2.42. The summed E-state index contributed by atoms with van der Waals surface area (Å²) >= 11 is 0. The van der Waals surface area contributed by atoms with E-state index in [1.54, 1.807) is 0 Å². The molecule has 0 aromatic rings. The molecule has 1 rings (SSSR count). The Morgan fingerprint density at radius 2 is 1.93 bits per heavy atom. The fourth-order valence-corrected chi connectivity index (χ4v) is 1.85. The van der Waals surface area contributed by atoms with E-state index in [-0.39, 0.29) is 12.5 Å². The molecule has 82 valence electrons. The van der Waals surface area contributed by atoms with E-state index in [1.807, 2.05) is 13.8 Å². The average Bonchev–Trinajstić information content (AvgIpc) is 2.46. The monoisotopic (exact) mass is 226 g/mol. The van der Waals surface area contributed by atoms with Crippen molar-refractivity contribution in [3.63, 3.8) is 0 Å². The zero-order valence-electron chi connectivity index (χ0n) is 8.82. The van der Waals surface area contributed by atoms with Gasteiger partial charge in [-0.15, -0.1) is 0 Å². The van der Waals surface area contributed by atoms with Crippen LogP contribution in [0.4, 0.5) is 0 Å². The molecule has 0 aliphatic carbocycles. The number of nitrogens with zero attached hydrogens (tertiary/aromatic N) is 1. The number of carbonyl (C=O) groups excluding carboxylic acids is 3. The molecular formula is C9H14N2O3Si. The van der Waals surface area contributed by atoms with Crippen LogP contribution in [0, 0.1) is 0 Å². The molecule has 1 aliphatic heterocycles. The number of amides is 3. The second kappa shape index (κ2) is 4.88. The first kappa shape index (κ1) is 11.6. The highest BCUT2D eigenvalue weighted by molar-refractivity contribution is 6.38. The highest BCUT2D eigenvalue weighted by atomic mass is 28.2. The van der Waals surface area contributed by atoms with Gasteiger partial charge in [-0.3, -0.25) is 19.3 Å². The summed E-state index contributed by atoms with van der Waals surface area (Å²) in [6.07, 6.45) is 2.35. The molecule has 1 N–H and O–H groups in total. The third-order valence-corrected chi connectivity index (χ3v) is 3.32. The van der Waals surface area contributed by atoms with Crippen LogP contribution in [0.1, 0.15) is 13.8 Å². The van der Waals surface area contributed by atoms with E-state index in [4.69, 9.17) is 0 Å². The lowest BCUT2D eigenvalue weighted by molar-refractivity contribution is -0.140. The molecule has 5 nitrogen and oxygen atoms in total. The number of imide groups is 1. The van der Waals surface area contributed by atoms with E-state index in [2.05, 4.69) is 4.98 Å². The largest absolute Gasteiger partial charge is 0.386 e. The van der Waals surface area contributed by atoms with Crippen LogP contribution in [0.15, 0.2) is 12.2 Å². The first-order valence-electron chi connectivity index (χ1n) is 4.81. The number of nitrogens with one attached hydrogen (secondary N) is 1. The average molecular weight is 226 g/mol. The van der Waals surface area contributed by atoms with Gasteiger partial charge < -0.3 is 4.98 Å². The molecule has 6 heteroatoms. The van der Waals surface area contributed by atoms with Crippen molar-refractivity contribution in [2.75, 3.05) is 6.54 Å². The van der Waals surface area contributed by atoms with Crippen molar-refractivity contribution in [1.29, 1.82) is 0 Å². The highest BCUT2D eigenvalue weighted by Crippen LogP contribution is 2.02. The summed E-state index contributed by atoms with van der Waals surface area (Å²) < 4.78 is 0. The summed E-state index contributed by atoms with van der Waals surface area (Å²) in [5.74, 6) is -1.08. The van der Waals surface area contributed by atoms with Gasteiger partial charge in [-0.2, -0.15) is 0 Å². The van der Waals surface area contributed by atoms with Gasteiger partial charge in [0.05, 0.1) is 0 Å². The van der Waals surface area contributed by atoms with E-state index in [0.717, 1.165) is 4.90 Å². The van der Waals surface area contributed by atoms with Gasteiger partial charge in [0.25, 0.3) is 11.8 Å². The third kappa shape index (κ3) is 3.32. The highest BCUT2D eigenvalue weighted by Gasteiger charge is 2.25. The van der Waals surface area contributed by atoms with E-state index in [9.17, 15) is 14.4 Å². The SMILES string of the molecule is CC(C)[SiH2]NC(=O)CN1C(=O)C=CC1=O. The Morgan fingerprint density at radius 3 is 2.40 bits per heavy atom. The van der Waals surface area contributed by atoms with Gasteiger partial charge in [0.15, 0.2) is 0 Å². The van der Waals surface area contributed by atoms with E-state index in [0.29, 0.717) is 5.54 Å². The van der Waals surface area contributed by atoms with Crippen molar-refractivity contribution in [3.05, 3.63) is 12.2 Å². The third-order valence-electron chi connectivity index (χ3n) is 1.91. The topological polar surface area (TPSA) is 66.5 Å². The summed E-state index contributed by atoms with van der Waals surface area (Å²) in [6, 6.07) is 0. The normalized spacial score (nSPS) is 16.1. The van der Waals surface area contributed by atoms with Crippen LogP contribution in [0.3, 0.4) is 0 Å². The van der Waals surface area contributed by atoms with E-state index in [1.165, 1.54) is 12.2 Å². The molecule has 0 bridgehead atoms. The van der Waals surface area contributed by atoms with Crippen LogP contribution < -0.4 is 4.98 Å². The van der Waals surface area contributed by atoms with Crippen molar-refractivity contribution in [3.8, 4) is 0 Å². The Kier molecular flexibility index (Phi) is 3.79. The molecule has 0 aromatic carbocycles. The lowest BCUT2D eigenvalue weighted by Gasteiger charge is -2.13. The van der Waals surface area contributed by atoms with Gasteiger partial charge >= 0.3 is 0 Å². The van der Waals surface area contributed by atoms with Gasteiger partial charge in [0.1, 0.15) is 16.2 Å². The molecule has 0 atom stereocenters. The molecule has 3 amide bonds. The van der Waals surface area contributed by atoms with Crippen molar-refractivity contribution in [2.45, 2.75) is 19.4 Å². The molecule has 0 unspecified atom stereocenters. The Hall–Kier alpha value is -1.43. The van der Waals surface area contributed by atoms with Crippen LogP contribution in [-0.2, 0) is 14.4 Å². The van der Waals surface area contributed by atoms with Gasteiger partial charge in [0.2, 0.25) is 5.91 Å². The fourth-order valence-electron chi connectivity index (χ4n) is 1.10. The van der Waals surface area contributed by atoms with Crippen molar-refractivity contribution in [1.82, 2.24) is 9.88 Å². The van der Waals surface area contributed by atoms with E-state index >= 15 is 0 Å². The molecule has 0 fully saturated rings. The Labute approximate surface area is 90.4 Å². The van der Waals surface area contributed by atoms with Crippen molar-refractivity contribution >= 4 is 27.4 Å². The fraction of sp³-hybridized carbons (Fsp3) is 0.444. The molecule has 0 aromatic heterocycles. The minimum absolute atomic E-state index is 0.162. The summed E-state index contributed by atoms with van der Waals surface area (Å²) in [7, 11) is -0.642. The predicted octanol–water partition coefficient (Wildman–Crippen LogP) is -1.06. The Bertz CT molecular complexity index is 307. The summed E-state index contributed by atoms with van der Waals surface area (Å²) in [5, 5.41) is 0. The van der Waals surface area contributed by atoms with E-state index < -0.39 is 21.5 Å². The molecule has 0 saturated heterocycles. The van der Waals surface area contributed by atoms with Gasteiger partial charge in [0, 0.05) is 12.2 Å². The molecule has 0 radical (unpaired) electrons. The minimum Gasteiger partial charge on any atom is -0.386 e. The van der Waals surface area contributed by atoms with Crippen LogP contribution >= 0.6 is 0 Å². The zero-order chi connectivity index (χ0) is 11.4. The second-order valence-corrected chi connectivity index (χ2v) is 6.19. The van der Waals surface area contributed by atoms with Crippen LogP contribution in [0.5, 0.6) is 0 Å². The molecule has 1 heterocycles. The molecule has 1 aliphatic rings. The molecule has 0 saturated carbocycles. The first-order chi connectivity index (χ1) is 7.00. The Morgan fingerprint density at radius 1 is 1.40 bits per heavy atom. The summed E-state index contributed by atoms with van der Waals surface area (Å²) in [6.45, 7) is 3.89. The number of hydrogen-bond donors (Lipinski definition) is 1. The maximum atomic E-state index is 11.3. The summed E-state index contributed by atoms with van der Waals surface area (Å²) in [4.78, 5) is 37.3. The zero-order valence-corrected chi connectivity index (χ0v) is 10.2. The van der Waals surface area contributed by atoms with Crippen LogP contribution in [0.25, 0.3) is 0 Å². The standard InChI is InChI=1S/C9H14N2O3Si/c1-6(2)15-10-7(12)5-11-8(13)3-4-9(11)14/h3-4,6H,5,15H2,1-2H3,(H,10,12). The minimum atomic E-state index is -0.642. The summed E-state index contributed by atoms with van der Waals surface area (Å²) in [5.41, 5.74) is 0.483.